The van der Waals surface area contributed by atoms with Gasteiger partial charge in [0.1, 0.15) is 0 Å². The minimum absolute atomic E-state index is 1.71. The summed E-state index contributed by atoms with van der Waals surface area (Å²) in [5.41, 5.74) is 0. The summed E-state index contributed by atoms with van der Waals surface area (Å²) in [6.45, 7) is 0. The van der Waals surface area contributed by atoms with Crippen LogP contribution in [0.1, 0.15) is 0 Å². The van der Waals surface area contributed by atoms with Crippen molar-refractivity contribution >= 4 is 13.3 Å². The number of hydrogen-bond acceptors (Lipinski definition) is 1. The third-order valence-corrected chi connectivity index (χ3v) is 2.15. The van der Waals surface area contributed by atoms with Crippen LogP contribution in [0.25, 0.3) is 0 Å². The van der Waals surface area contributed by atoms with E-state index in [-0.39, 0.29) is 0 Å². The van der Waals surface area contributed by atoms with Crippen LogP contribution in [0.2, 0.25) is 0 Å². The van der Waals surface area contributed by atoms with Crippen LogP contribution in [0.5, 0.6) is 0 Å². The quantitative estimate of drug-likeness (QED) is 0.346. The molecule has 0 aliphatic heterocycles. The van der Waals surface area contributed by atoms with Gasteiger partial charge < -0.3 is 0 Å². The molecule has 0 aliphatic carbocycles. The molecule has 0 saturated heterocycles. The third kappa shape index (κ3) is 1.49. The molecule has 0 aliphatic rings. The Labute approximate surface area is 74.8 Å². The van der Waals surface area contributed by atoms with Crippen LogP contribution in [0.4, 0.5) is 22.0 Å². The zero-order valence-electron chi connectivity index (χ0n) is 6.19. The van der Waals surface area contributed by atoms with Gasteiger partial charge in [-0.25, -0.2) is 13.2 Å². The van der Waals surface area contributed by atoms with Gasteiger partial charge in [-0.2, -0.15) is 13.7 Å². The summed E-state index contributed by atoms with van der Waals surface area (Å²) < 4.78 is 72.5. The molecule has 1 atom stereocenters. The van der Waals surface area contributed by atoms with Crippen LogP contribution < -0.4 is 5.30 Å². The molecule has 1 rings (SSSR count). The highest BCUT2D eigenvalue weighted by molar-refractivity contribution is 7.47. The van der Waals surface area contributed by atoms with Crippen molar-refractivity contribution < 1.29 is 31.4 Å². The van der Waals surface area contributed by atoms with Crippen LogP contribution >= 0.6 is 8.03 Å². The van der Waals surface area contributed by atoms with Gasteiger partial charge in [-0.3, -0.25) is 0 Å². The van der Waals surface area contributed by atoms with E-state index in [9.17, 15) is 26.5 Å². The van der Waals surface area contributed by atoms with Gasteiger partial charge >= 0.3 is 13.3 Å². The summed E-state index contributed by atoms with van der Waals surface area (Å²) in [5.74, 6) is -11.4. The molecule has 0 spiro atoms. The Bertz CT molecular complexity index is 390. The van der Waals surface area contributed by atoms with Crippen molar-refractivity contribution in [3.63, 3.8) is 0 Å². The first kappa shape index (κ1) is 11.0. The van der Waals surface area contributed by atoms with Crippen molar-refractivity contribution in [1.29, 1.82) is 0 Å². The van der Waals surface area contributed by atoms with Gasteiger partial charge in [0.2, 0.25) is 29.1 Å². The van der Waals surface area contributed by atoms with E-state index in [1.165, 1.54) is 0 Å². The Balaban J connectivity index is 3.68. The first-order chi connectivity index (χ1) is 6.37. The second kappa shape index (κ2) is 3.59. The van der Waals surface area contributed by atoms with E-state index in [1.807, 2.05) is 0 Å². The molecule has 76 valence electrons. The first-order valence-electron chi connectivity index (χ1n) is 3.05. The highest BCUT2D eigenvalue weighted by Gasteiger charge is 2.37. The van der Waals surface area contributed by atoms with E-state index in [0.29, 0.717) is 0 Å². The Morgan fingerprint density at radius 2 is 1.07 bits per heavy atom. The smallest absolute Gasteiger partial charge is 0.200 e. The molecule has 1 aromatic rings. The fraction of sp³-hybridized carbons (Fsp3) is 0. The monoisotopic (exact) mass is 231 g/mol. The zero-order chi connectivity index (χ0) is 11.0. The predicted molar refractivity (Wildman–Crippen MR) is 35.7 cm³/mol. The van der Waals surface area contributed by atoms with E-state index < -0.39 is 42.4 Å². The molecule has 0 bridgehead atoms. The molecule has 1 unspecified atom stereocenters. The molecule has 14 heavy (non-hydrogen) atoms. The molecular formula is C6HF5O2P+. The van der Waals surface area contributed by atoms with Crippen molar-refractivity contribution in [2.24, 2.45) is 0 Å². The zero-order valence-corrected chi connectivity index (χ0v) is 7.09. The molecule has 1 N–H and O–H groups in total. The SMILES string of the molecule is O=[P+](O)c1c(F)c(F)c(F)c(F)c1F. The highest BCUT2D eigenvalue weighted by Crippen LogP contribution is 2.24. The normalized spacial score (nSPS) is 11.7. The summed E-state index contributed by atoms with van der Waals surface area (Å²) >= 11 is 0. The molecule has 8 heteroatoms. The molecule has 2 nitrogen and oxygen atoms in total. The number of rotatable bonds is 1. The Morgan fingerprint density at radius 3 is 1.36 bits per heavy atom. The lowest BCUT2D eigenvalue weighted by Crippen LogP contribution is -2.16. The molecule has 0 aromatic heterocycles. The van der Waals surface area contributed by atoms with Gasteiger partial charge in [-0.15, -0.1) is 0 Å². The highest BCUT2D eigenvalue weighted by atomic mass is 31.1. The van der Waals surface area contributed by atoms with Crippen LogP contribution in [-0.2, 0) is 4.57 Å². The summed E-state index contributed by atoms with van der Waals surface area (Å²) in [6, 6.07) is 0. The van der Waals surface area contributed by atoms with Gasteiger partial charge in [0.05, 0.1) is 0 Å². The van der Waals surface area contributed by atoms with E-state index in [4.69, 9.17) is 4.89 Å². The molecule has 0 amide bonds. The van der Waals surface area contributed by atoms with Crippen LogP contribution in [-0.4, -0.2) is 4.89 Å². The summed E-state index contributed by atoms with van der Waals surface area (Å²) in [7, 11) is -3.63. The van der Waals surface area contributed by atoms with Crippen LogP contribution in [0, 0.1) is 29.1 Å². The van der Waals surface area contributed by atoms with Gasteiger partial charge in [-0.1, -0.05) is 0 Å². The number of hydrogen-bond donors (Lipinski definition) is 1. The molecule has 0 radical (unpaired) electrons. The number of benzene rings is 1. The van der Waals surface area contributed by atoms with Gasteiger partial charge in [-0.05, 0) is 4.57 Å². The van der Waals surface area contributed by atoms with Crippen molar-refractivity contribution in [2.75, 3.05) is 0 Å². The van der Waals surface area contributed by atoms with E-state index in [1.54, 1.807) is 0 Å². The lowest BCUT2D eigenvalue weighted by atomic mass is 10.3. The largest absolute Gasteiger partial charge is 0.552 e. The second-order valence-electron chi connectivity index (χ2n) is 2.19. The van der Waals surface area contributed by atoms with Crippen molar-refractivity contribution in [3.05, 3.63) is 29.1 Å². The first-order valence-corrected chi connectivity index (χ1v) is 4.26. The molecule has 1 aromatic carbocycles. The summed E-state index contributed by atoms with van der Waals surface area (Å²) in [5, 5.41) is -1.71. The maximum Gasteiger partial charge on any atom is 0.552 e. The Morgan fingerprint density at radius 1 is 0.786 bits per heavy atom. The Kier molecular flexibility index (Phi) is 2.82. The second-order valence-corrected chi connectivity index (χ2v) is 3.18. The van der Waals surface area contributed by atoms with E-state index >= 15 is 0 Å². The van der Waals surface area contributed by atoms with E-state index in [2.05, 4.69) is 0 Å². The fourth-order valence-electron chi connectivity index (χ4n) is 0.761. The minimum atomic E-state index is -3.63. The molecule has 0 heterocycles. The maximum absolute atomic E-state index is 12.6. The van der Waals surface area contributed by atoms with Crippen molar-refractivity contribution in [3.8, 4) is 0 Å². The van der Waals surface area contributed by atoms with Crippen molar-refractivity contribution in [2.45, 2.75) is 0 Å². The Hall–Kier alpha value is -1.07. The lowest BCUT2D eigenvalue weighted by Gasteiger charge is -1.97. The lowest BCUT2D eigenvalue weighted by molar-refractivity contribution is 0.382. The third-order valence-electron chi connectivity index (χ3n) is 1.38. The summed E-state index contributed by atoms with van der Waals surface area (Å²) in [6.07, 6.45) is 0. The van der Waals surface area contributed by atoms with Gasteiger partial charge in [0, 0.05) is 0 Å². The molecule has 0 saturated carbocycles. The fourth-order valence-corrected chi connectivity index (χ4v) is 1.29. The number of halogens is 5. The topological polar surface area (TPSA) is 37.3 Å². The van der Waals surface area contributed by atoms with Gasteiger partial charge in [0.25, 0.3) is 0 Å². The maximum atomic E-state index is 12.6. The van der Waals surface area contributed by atoms with E-state index in [0.717, 1.165) is 0 Å². The molecular weight excluding hydrogens is 230 g/mol. The predicted octanol–water partition coefficient (Wildman–Crippen LogP) is 1.74. The summed E-state index contributed by atoms with van der Waals surface area (Å²) in [4.78, 5) is 8.30. The minimum Gasteiger partial charge on any atom is -0.200 e. The average molecular weight is 231 g/mol. The van der Waals surface area contributed by atoms with Crippen LogP contribution in [0.15, 0.2) is 0 Å². The van der Waals surface area contributed by atoms with Crippen LogP contribution in [0.3, 0.4) is 0 Å². The average Bonchev–Trinajstić information content (AvgIpc) is 2.11. The van der Waals surface area contributed by atoms with Gasteiger partial charge in [0.15, 0.2) is 0 Å². The molecule has 0 fully saturated rings. The standard InChI is InChI=1S/C6F5O2P/c7-1-2(8)4(10)6(14(12)13)5(11)3(1)9/p+1. The van der Waals surface area contributed by atoms with Crippen molar-refractivity contribution in [1.82, 2.24) is 0 Å².